The lowest BCUT2D eigenvalue weighted by molar-refractivity contribution is -0.137. The Labute approximate surface area is 605 Å². The Balaban J connectivity index is 0.933. The molecule has 2 aliphatic rings. The van der Waals surface area contributed by atoms with E-state index in [0.29, 0.717) is 171 Å². The molecule has 23 heteroatoms. The van der Waals surface area contributed by atoms with Gasteiger partial charge in [0.25, 0.3) is 23.6 Å². The highest BCUT2D eigenvalue weighted by Crippen LogP contribution is 2.44. The SMILES string of the molecule is CCCc1ncc(C(=O)Nc2ccccc2-c2c3nc(c(-c4ccccc4NC(=O)c4cnc(CCC)[nH]4)c4ccc([nH]4)c(-c4ccccc4NC(=O)c4cnc(CCC)[nH]4)c4nc(c(-c5ccccc5NC(=O)c5cccc(Cn6cncc6-c6ccc(C(F)(F)F)cc6)c5)c5ccc2[nH]5)C=C4)C=C3)[nH]1. The van der Waals surface area contributed by atoms with Gasteiger partial charge in [-0.25, -0.2) is 29.9 Å². The quantitative estimate of drug-likeness (QED) is 0.0328. The summed E-state index contributed by atoms with van der Waals surface area (Å²) in [6.45, 7) is 6.37. The smallest absolute Gasteiger partial charge is 0.354 e. The normalized spacial score (nSPS) is 11.8. The number of anilines is 4. The van der Waals surface area contributed by atoms with Gasteiger partial charge in [0.1, 0.15) is 34.6 Å². The molecule has 0 fully saturated rings. The molecule has 9 N–H and O–H groups in total. The molecule has 13 aromatic rings. The van der Waals surface area contributed by atoms with Crippen molar-refractivity contribution < 1.29 is 32.3 Å². The minimum Gasteiger partial charge on any atom is -0.354 e. The summed E-state index contributed by atoms with van der Waals surface area (Å²) in [6.07, 6.45) is 15.4. The van der Waals surface area contributed by atoms with E-state index < -0.39 is 35.4 Å². The van der Waals surface area contributed by atoms with Crippen LogP contribution in [0.25, 0.3) is 102 Å². The summed E-state index contributed by atoms with van der Waals surface area (Å²) in [4.78, 5) is 104. The van der Waals surface area contributed by atoms with E-state index in [2.05, 4.69) is 66.1 Å². The molecule has 0 aliphatic carbocycles. The zero-order valence-electron chi connectivity index (χ0n) is 57.7. The summed E-state index contributed by atoms with van der Waals surface area (Å²) >= 11 is 0. The van der Waals surface area contributed by atoms with Crippen LogP contribution in [0.1, 0.15) is 133 Å². The highest BCUT2D eigenvalue weighted by Gasteiger charge is 2.31. The van der Waals surface area contributed by atoms with Crippen molar-refractivity contribution in [1.29, 1.82) is 0 Å². The number of fused-ring (bicyclic) bond motifs is 8. The van der Waals surface area contributed by atoms with Gasteiger partial charge in [-0.3, -0.25) is 19.2 Å². The summed E-state index contributed by atoms with van der Waals surface area (Å²) in [5, 5.41) is 12.8. The monoisotopic (exact) mass is 1410 g/mol. The topological polar surface area (TPSA) is 278 Å². The van der Waals surface area contributed by atoms with E-state index in [9.17, 15) is 32.3 Å². The number of alkyl halides is 3. The molecule has 526 valence electrons. The number of hydrogen-bond donors (Lipinski definition) is 9. The fraction of sp³-hybridized carbons (Fsp3) is 0.133. The Kier molecular flexibility index (Phi) is 18.9. The largest absolute Gasteiger partial charge is 0.416 e. The molecule has 0 atom stereocenters. The van der Waals surface area contributed by atoms with Gasteiger partial charge in [-0.15, -0.1) is 0 Å². The molecule has 0 unspecified atom stereocenters. The molecule has 0 radical (unpaired) electrons. The van der Waals surface area contributed by atoms with Gasteiger partial charge in [0.2, 0.25) is 0 Å². The average Bonchev–Trinajstić information content (AvgIpc) is 1.59. The van der Waals surface area contributed by atoms with Crippen LogP contribution in [-0.4, -0.2) is 83.0 Å². The number of aromatic amines is 5. The number of carbonyl (C=O) groups excluding carboxylic acids is 4. The van der Waals surface area contributed by atoms with Crippen LogP contribution in [0.15, 0.2) is 201 Å². The first-order valence-corrected chi connectivity index (χ1v) is 34.8. The van der Waals surface area contributed by atoms with Gasteiger partial charge in [0, 0.05) is 121 Å². The third-order valence-corrected chi connectivity index (χ3v) is 18.4. The first-order valence-electron chi connectivity index (χ1n) is 34.8. The number of carbonyl (C=O) groups is 4. The molecule has 0 saturated heterocycles. The van der Waals surface area contributed by atoms with Crippen LogP contribution in [0.2, 0.25) is 0 Å². The molecule has 4 amide bonds. The number of aryl methyl sites for hydroxylation is 3. The van der Waals surface area contributed by atoms with E-state index in [0.717, 1.165) is 37.0 Å². The number of halogens is 3. The number of rotatable bonds is 21. The molecule has 0 saturated carbocycles. The molecule has 106 heavy (non-hydrogen) atoms. The Bertz CT molecular complexity index is 5710. The van der Waals surface area contributed by atoms with Crippen molar-refractivity contribution in [2.45, 2.75) is 72.0 Å². The Morgan fingerprint density at radius 3 is 1.15 bits per heavy atom. The van der Waals surface area contributed by atoms with Crippen LogP contribution in [0.4, 0.5) is 35.9 Å². The molecule has 8 bridgehead atoms. The number of benzene rings is 6. The van der Waals surface area contributed by atoms with Crippen molar-refractivity contribution in [1.82, 2.24) is 59.4 Å². The number of aromatic nitrogens is 12. The molecule has 20 nitrogen and oxygen atoms in total. The third-order valence-electron chi connectivity index (χ3n) is 18.4. The van der Waals surface area contributed by atoms with Crippen molar-refractivity contribution in [2.75, 3.05) is 21.3 Å². The Morgan fingerprint density at radius 2 is 0.783 bits per heavy atom. The van der Waals surface area contributed by atoms with E-state index in [1.807, 2.05) is 177 Å². The second kappa shape index (κ2) is 29.4. The van der Waals surface area contributed by atoms with Crippen molar-refractivity contribution in [3.63, 3.8) is 0 Å². The van der Waals surface area contributed by atoms with Gasteiger partial charge in [0.05, 0.1) is 65.1 Å². The van der Waals surface area contributed by atoms with E-state index >= 15 is 0 Å². The van der Waals surface area contributed by atoms with Crippen molar-refractivity contribution in [2.24, 2.45) is 0 Å². The maximum Gasteiger partial charge on any atom is 0.416 e. The molecule has 7 aromatic heterocycles. The highest BCUT2D eigenvalue weighted by atomic mass is 19.4. The van der Waals surface area contributed by atoms with E-state index in [-0.39, 0.29) is 17.9 Å². The van der Waals surface area contributed by atoms with Gasteiger partial charge < -0.3 is 50.8 Å². The van der Waals surface area contributed by atoms with Crippen molar-refractivity contribution in [3.8, 4) is 55.8 Å². The first-order chi connectivity index (χ1) is 51.6. The zero-order valence-corrected chi connectivity index (χ0v) is 57.7. The zero-order chi connectivity index (χ0) is 73.0. The lowest BCUT2D eigenvalue weighted by atomic mass is 10.0. The van der Waals surface area contributed by atoms with Crippen LogP contribution >= 0.6 is 0 Å². The Morgan fingerprint density at radius 1 is 0.415 bits per heavy atom. The molecule has 6 aromatic carbocycles. The van der Waals surface area contributed by atoms with Gasteiger partial charge in [0.15, 0.2) is 0 Å². The lowest BCUT2D eigenvalue weighted by Gasteiger charge is -2.14. The molecular weight excluding hydrogens is 1340 g/mol. The molecule has 2 aliphatic heterocycles. The number of nitrogens with zero attached hydrogens (tertiary/aromatic N) is 7. The maximum absolute atomic E-state index is 15.0. The summed E-state index contributed by atoms with van der Waals surface area (Å²) in [5.41, 5.74) is 13.2. The summed E-state index contributed by atoms with van der Waals surface area (Å²) in [6, 6.07) is 49.7. The van der Waals surface area contributed by atoms with Gasteiger partial charge >= 0.3 is 6.18 Å². The minimum atomic E-state index is -4.49. The van der Waals surface area contributed by atoms with Gasteiger partial charge in [-0.05, 0) is 127 Å². The van der Waals surface area contributed by atoms with E-state index in [1.54, 1.807) is 30.7 Å². The van der Waals surface area contributed by atoms with Crippen LogP contribution in [0.5, 0.6) is 0 Å². The summed E-state index contributed by atoms with van der Waals surface area (Å²) in [7, 11) is 0. The predicted molar refractivity (Wildman–Crippen MR) is 408 cm³/mol. The van der Waals surface area contributed by atoms with Crippen molar-refractivity contribution in [3.05, 3.63) is 275 Å². The number of imidazole rings is 4. The first kappa shape index (κ1) is 68.2. The lowest BCUT2D eigenvalue weighted by Crippen LogP contribution is -2.13. The molecule has 15 rings (SSSR count). The highest BCUT2D eigenvalue weighted by molar-refractivity contribution is 6.12. The molecular formula is C83H69F3N16O4. The summed E-state index contributed by atoms with van der Waals surface area (Å²) in [5.74, 6) is 0.426. The second-order valence-electron chi connectivity index (χ2n) is 25.7. The average molecular weight is 1410 g/mol. The Hall–Kier alpha value is -13.6. The number of amides is 4. The van der Waals surface area contributed by atoms with Crippen LogP contribution in [-0.2, 0) is 32.0 Å². The van der Waals surface area contributed by atoms with E-state index in [1.165, 1.54) is 30.7 Å². The minimum absolute atomic E-state index is 0.248. The maximum atomic E-state index is 15.0. The number of hydrogen-bond acceptors (Lipinski definition) is 10. The fourth-order valence-corrected chi connectivity index (χ4v) is 13.4. The molecule has 0 spiro atoms. The standard InChI is InChI=1S/C83H69F3N16O4/c1-4-16-72-88-42-68(95-72)80(104)99-57-26-12-8-22-53(57)76-62-35-33-60(91-62)75(52-21-7-11-25-56(52)98-79(103)50-20-15-19-48(41-50)46-102-47-87-45-71(102)49-29-31-51(32-30-49)83(84,85)86)61-34-36-63(92-61)77(54-23-9-13-27-58(54)100-81(105)69-43-89-73(96-69)17-5-2)65-38-40-67(94-65)78(66-39-37-64(76)93-66)55-24-10-14-28-59(55)101-82(106)70-44-90-74(97-70)18-6-3/h7-15,19-45,47,91,94H,4-6,16-18,46H2,1-3H3,(H,88,95)(H,89,96)(H,90,97)(H,98,103)(H,99,104)(H,100,105)(H,101,106). The van der Waals surface area contributed by atoms with Crippen molar-refractivity contribution >= 4 is 92.7 Å². The summed E-state index contributed by atoms with van der Waals surface area (Å²) < 4.78 is 42.5. The molecule has 9 heterocycles. The number of nitrogens with one attached hydrogen (secondary N) is 9. The second-order valence-corrected chi connectivity index (χ2v) is 25.7. The van der Waals surface area contributed by atoms with Crippen LogP contribution in [0, 0.1) is 0 Å². The van der Waals surface area contributed by atoms with E-state index in [4.69, 9.17) is 9.97 Å². The number of H-pyrrole nitrogens is 5. The third kappa shape index (κ3) is 14.1. The van der Waals surface area contributed by atoms with Gasteiger partial charge in [-0.2, -0.15) is 13.2 Å². The van der Waals surface area contributed by atoms with Crippen LogP contribution in [0.3, 0.4) is 0 Å². The van der Waals surface area contributed by atoms with Crippen LogP contribution < -0.4 is 21.3 Å². The number of para-hydroxylation sites is 4. The van der Waals surface area contributed by atoms with Gasteiger partial charge in [-0.1, -0.05) is 118 Å². The predicted octanol–water partition coefficient (Wildman–Crippen LogP) is 18.3. The fourth-order valence-electron chi connectivity index (χ4n) is 13.4.